The first-order valence-electron chi connectivity index (χ1n) is 11.2. The van der Waals surface area contributed by atoms with Gasteiger partial charge in [-0.3, -0.25) is 4.79 Å². The summed E-state index contributed by atoms with van der Waals surface area (Å²) >= 11 is 0. The summed E-state index contributed by atoms with van der Waals surface area (Å²) in [7, 11) is -0.665. The lowest BCUT2D eigenvalue weighted by Crippen LogP contribution is -2.29. The van der Waals surface area contributed by atoms with Crippen molar-refractivity contribution in [1.82, 2.24) is 19.2 Å². The molecule has 0 bridgehead atoms. The first-order chi connectivity index (χ1) is 16.8. The molecule has 4 rings (SSSR count). The highest BCUT2D eigenvalue weighted by atomic mass is 32.2. The molecule has 0 aliphatic heterocycles. The summed E-state index contributed by atoms with van der Waals surface area (Å²) in [5.41, 5.74) is 3.25. The summed E-state index contributed by atoms with van der Waals surface area (Å²) in [5.74, 6) is 1.08. The first kappa shape index (κ1) is 24.4. The van der Waals surface area contributed by atoms with Crippen LogP contribution in [0.1, 0.15) is 17.0 Å². The molecule has 0 atom stereocenters. The minimum atomic E-state index is -3.63. The summed E-state index contributed by atoms with van der Waals surface area (Å²) < 4.78 is 34.2. The van der Waals surface area contributed by atoms with Gasteiger partial charge in [0, 0.05) is 20.6 Å². The van der Waals surface area contributed by atoms with Crippen molar-refractivity contribution >= 4 is 27.0 Å². The summed E-state index contributed by atoms with van der Waals surface area (Å²) in [6.07, 6.45) is 0. The maximum absolute atomic E-state index is 12.9. The molecule has 1 N–H and O–H groups in total. The smallest absolute Gasteiger partial charge is 0.242 e. The number of aromatic nitrogens is 2. The van der Waals surface area contributed by atoms with E-state index in [0.29, 0.717) is 11.4 Å². The van der Waals surface area contributed by atoms with Gasteiger partial charge in [-0.1, -0.05) is 48.0 Å². The van der Waals surface area contributed by atoms with E-state index in [0.717, 1.165) is 26.7 Å². The third-order valence-electron chi connectivity index (χ3n) is 5.63. The van der Waals surface area contributed by atoms with Crippen molar-refractivity contribution in [2.24, 2.45) is 0 Å². The van der Waals surface area contributed by atoms with Crippen molar-refractivity contribution in [2.45, 2.75) is 31.5 Å². The SMILES string of the molecule is Cc1ccc(OCc2nc3ccccc3n2CC(=O)NCc2ccccc2S(=O)(=O)N(C)C)cc1. The number of para-hydroxylation sites is 2. The maximum Gasteiger partial charge on any atom is 0.242 e. The van der Waals surface area contributed by atoms with Gasteiger partial charge < -0.3 is 14.6 Å². The first-order valence-corrected chi connectivity index (χ1v) is 12.6. The van der Waals surface area contributed by atoms with Crippen LogP contribution in [0.2, 0.25) is 0 Å². The van der Waals surface area contributed by atoms with Gasteiger partial charge in [-0.25, -0.2) is 17.7 Å². The molecular weight excluding hydrogens is 464 g/mol. The van der Waals surface area contributed by atoms with Crippen molar-refractivity contribution in [3.63, 3.8) is 0 Å². The molecule has 9 heteroatoms. The van der Waals surface area contributed by atoms with Crippen molar-refractivity contribution < 1.29 is 17.9 Å². The Morgan fingerprint density at radius 2 is 1.69 bits per heavy atom. The summed E-state index contributed by atoms with van der Waals surface area (Å²) in [5, 5.41) is 2.85. The molecule has 3 aromatic carbocycles. The van der Waals surface area contributed by atoms with Crippen LogP contribution in [-0.2, 0) is 34.5 Å². The number of rotatable bonds is 9. The van der Waals surface area contributed by atoms with Gasteiger partial charge in [-0.2, -0.15) is 0 Å². The molecule has 0 saturated heterocycles. The van der Waals surface area contributed by atoms with Crippen LogP contribution < -0.4 is 10.1 Å². The maximum atomic E-state index is 12.9. The van der Waals surface area contributed by atoms with E-state index in [9.17, 15) is 13.2 Å². The lowest BCUT2D eigenvalue weighted by molar-refractivity contribution is -0.121. The molecule has 0 spiro atoms. The second-order valence-electron chi connectivity index (χ2n) is 8.38. The number of nitrogens with one attached hydrogen (secondary N) is 1. The number of ether oxygens (including phenoxy) is 1. The van der Waals surface area contributed by atoms with Gasteiger partial charge in [0.05, 0.1) is 15.9 Å². The summed E-state index contributed by atoms with van der Waals surface area (Å²) in [6, 6.07) is 22.0. The molecule has 35 heavy (non-hydrogen) atoms. The number of amides is 1. The van der Waals surface area contributed by atoms with E-state index in [1.807, 2.05) is 60.0 Å². The van der Waals surface area contributed by atoms with E-state index in [1.54, 1.807) is 24.3 Å². The van der Waals surface area contributed by atoms with Gasteiger partial charge >= 0.3 is 0 Å². The normalized spacial score (nSPS) is 11.7. The van der Waals surface area contributed by atoms with Crippen LogP contribution in [-0.4, -0.2) is 42.3 Å². The minimum Gasteiger partial charge on any atom is -0.486 e. The Bertz CT molecular complexity index is 1440. The number of carbonyl (C=O) groups is 1. The van der Waals surface area contributed by atoms with E-state index in [-0.39, 0.29) is 30.5 Å². The number of carbonyl (C=O) groups excluding carboxylic acids is 1. The predicted molar refractivity (Wildman–Crippen MR) is 134 cm³/mol. The van der Waals surface area contributed by atoms with Crippen LogP contribution in [0.5, 0.6) is 5.75 Å². The quantitative estimate of drug-likeness (QED) is 0.386. The van der Waals surface area contributed by atoms with Crippen molar-refractivity contribution in [2.75, 3.05) is 14.1 Å². The van der Waals surface area contributed by atoms with E-state index in [2.05, 4.69) is 10.3 Å². The Hall–Kier alpha value is -3.69. The topological polar surface area (TPSA) is 93.5 Å². The fourth-order valence-corrected chi connectivity index (χ4v) is 4.80. The van der Waals surface area contributed by atoms with Crippen LogP contribution in [0, 0.1) is 6.92 Å². The zero-order valence-electron chi connectivity index (χ0n) is 19.9. The van der Waals surface area contributed by atoms with Crippen LogP contribution in [0.15, 0.2) is 77.7 Å². The summed E-state index contributed by atoms with van der Waals surface area (Å²) in [4.78, 5) is 17.8. The second kappa shape index (κ2) is 10.3. The lowest BCUT2D eigenvalue weighted by atomic mass is 10.2. The largest absolute Gasteiger partial charge is 0.486 e. The standard InChI is InChI=1S/C26H28N4O4S/c1-19-12-14-21(15-13-19)34-18-25-28-22-9-5-6-10-23(22)30(25)17-26(31)27-16-20-8-4-7-11-24(20)35(32,33)29(2)3/h4-15H,16-18H2,1-3H3,(H,27,31). The Balaban J connectivity index is 1.51. The number of aryl methyl sites for hydroxylation is 1. The molecule has 0 aliphatic rings. The Morgan fingerprint density at radius 1 is 1.00 bits per heavy atom. The zero-order chi connectivity index (χ0) is 25.0. The Morgan fingerprint density at radius 3 is 2.43 bits per heavy atom. The highest BCUT2D eigenvalue weighted by Gasteiger charge is 2.21. The lowest BCUT2D eigenvalue weighted by Gasteiger charge is -2.16. The van der Waals surface area contributed by atoms with Crippen LogP contribution in [0.3, 0.4) is 0 Å². The average molecular weight is 493 g/mol. The third-order valence-corrected chi connectivity index (χ3v) is 7.55. The third kappa shape index (κ3) is 5.52. The molecule has 1 heterocycles. The highest BCUT2D eigenvalue weighted by Crippen LogP contribution is 2.20. The van der Waals surface area contributed by atoms with Crippen molar-refractivity contribution in [3.8, 4) is 5.75 Å². The molecule has 182 valence electrons. The average Bonchev–Trinajstić information content (AvgIpc) is 3.19. The zero-order valence-corrected chi connectivity index (χ0v) is 20.7. The van der Waals surface area contributed by atoms with Gasteiger partial charge in [0.1, 0.15) is 24.7 Å². The number of nitrogens with zero attached hydrogens (tertiary/aromatic N) is 3. The predicted octanol–water partition coefficient (Wildman–Crippen LogP) is 3.49. The second-order valence-corrected chi connectivity index (χ2v) is 10.5. The number of hydrogen-bond donors (Lipinski definition) is 1. The molecule has 1 amide bonds. The molecule has 4 aromatic rings. The van der Waals surface area contributed by atoms with Crippen LogP contribution in [0.25, 0.3) is 11.0 Å². The van der Waals surface area contributed by atoms with E-state index >= 15 is 0 Å². The molecule has 1 aromatic heterocycles. The molecule has 0 aliphatic carbocycles. The van der Waals surface area contributed by atoms with Crippen LogP contribution >= 0.6 is 0 Å². The van der Waals surface area contributed by atoms with Gasteiger partial charge in [-0.05, 0) is 42.8 Å². The van der Waals surface area contributed by atoms with E-state index < -0.39 is 10.0 Å². The molecular formula is C26H28N4O4S. The monoisotopic (exact) mass is 492 g/mol. The van der Waals surface area contributed by atoms with E-state index in [4.69, 9.17) is 4.74 Å². The van der Waals surface area contributed by atoms with Crippen LogP contribution in [0.4, 0.5) is 0 Å². The van der Waals surface area contributed by atoms with Gasteiger partial charge in [0.2, 0.25) is 15.9 Å². The molecule has 8 nitrogen and oxygen atoms in total. The van der Waals surface area contributed by atoms with Gasteiger partial charge in [0.25, 0.3) is 0 Å². The number of sulfonamides is 1. The minimum absolute atomic E-state index is 0.0235. The molecule has 0 radical (unpaired) electrons. The van der Waals surface area contributed by atoms with Crippen molar-refractivity contribution in [1.29, 1.82) is 0 Å². The highest BCUT2D eigenvalue weighted by molar-refractivity contribution is 7.89. The number of imidazole rings is 1. The number of fused-ring (bicyclic) bond motifs is 1. The number of hydrogen-bond acceptors (Lipinski definition) is 5. The van der Waals surface area contributed by atoms with Gasteiger partial charge in [0.15, 0.2) is 0 Å². The Kier molecular flexibility index (Phi) is 7.18. The van der Waals surface area contributed by atoms with Gasteiger partial charge in [-0.15, -0.1) is 0 Å². The number of benzene rings is 3. The summed E-state index contributed by atoms with van der Waals surface area (Å²) in [6.45, 7) is 2.32. The fraction of sp³-hybridized carbons (Fsp3) is 0.231. The fourth-order valence-electron chi connectivity index (χ4n) is 3.69. The molecule has 0 saturated carbocycles. The molecule has 0 unspecified atom stereocenters. The molecule has 0 fully saturated rings. The Labute approximate surface area is 205 Å². The van der Waals surface area contributed by atoms with Crippen molar-refractivity contribution in [3.05, 3.63) is 89.7 Å². The van der Waals surface area contributed by atoms with E-state index in [1.165, 1.54) is 14.1 Å².